The van der Waals surface area contributed by atoms with E-state index in [4.69, 9.17) is 15.9 Å². The van der Waals surface area contributed by atoms with Crippen molar-refractivity contribution >= 4 is 11.5 Å². The number of nitrogens with two attached hydrogens (primary N) is 1. The molecule has 0 radical (unpaired) electrons. The molecule has 0 atom stereocenters. The fourth-order valence-electron chi connectivity index (χ4n) is 1.63. The van der Waals surface area contributed by atoms with Gasteiger partial charge in [-0.25, -0.2) is 0 Å². The lowest BCUT2D eigenvalue weighted by atomic mass is 10.2. The molecular formula is C12H20N4O. The highest BCUT2D eigenvalue weighted by molar-refractivity contribution is 6.00. The van der Waals surface area contributed by atoms with Crippen LogP contribution in [0.4, 0.5) is 5.69 Å². The van der Waals surface area contributed by atoms with Crippen LogP contribution in [0.3, 0.4) is 0 Å². The second kappa shape index (κ2) is 6.85. The molecule has 0 aliphatic carbocycles. The predicted molar refractivity (Wildman–Crippen MR) is 69.6 cm³/mol. The summed E-state index contributed by atoms with van der Waals surface area (Å²) in [6, 6.07) is 1.76. The van der Waals surface area contributed by atoms with Gasteiger partial charge in [-0.1, -0.05) is 0 Å². The molecule has 0 aromatic carbocycles. The molecule has 0 saturated carbocycles. The first-order chi connectivity index (χ1) is 8.20. The first-order valence-electron chi connectivity index (χ1n) is 5.81. The molecule has 1 aromatic heterocycles. The van der Waals surface area contributed by atoms with Gasteiger partial charge in [0, 0.05) is 31.5 Å². The molecule has 5 nitrogen and oxygen atoms in total. The van der Waals surface area contributed by atoms with Crippen LogP contribution in [0, 0.1) is 5.41 Å². The van der Waals surface area contributed by atoms with E-state index in [1.54, 1.807) is 18.5 Å². The van der Waals surface area contributed by atoms with Crippen molar-refractivity contribution in [3.8, 4) is 0 Å². The maximum Gasteiger partial charge on any atom is 0.125 e. The molecule has 1 aromatic rings. The average Bonchev–Trinajstić information content (AvgIpc) is 2.35. The molecule has 0 saturated heterocycles. The van der Waals surface area contributed by atoms with Crippen LogP contribution in [-0.2, 0) is 4.74 Å². The van der Waals surface area contributed by atoms with Gasteiger partial charge in [-0.3, -0.25) is 10.4 Å². The molecule has 0 bridgehead atoms. The van der Waals surface area contributed by atoms with E-state index in [0.717, 1.165) is 24.3 Å². The van der Waals surface area contributed by atoms with Gasteiger partial charge in [0.1, 0.15) is 5.84 Å². The van der Waals surface area contributed by atoms with E-state index in [9.17, 15) is 0 Å². The molecule has 0 fully saturated rings. The van der Waals surface area contributed by atoms with E-state index in [1.165, 1.54) is 0 Å². The van der Waals surface area contributed by atoms with Crippen LogP contribution in [0.1, 0.15) is 19.4 Å². The van der Waals surface area contributed by atoms with Crippen LogP contribution < -0.4 is 10.6 Å². The Morgan fingerprint density at radius 2 is 2.29 bits per heavy atom. The van der Waals surface area contributed by atoms with E-state index >= 15 is 0 Å². The second-order valence-electron chi connectivity index (χ2n) is 3.58. The Kier molecular flexibility index (Phi) is 5.42. The highest BCUT2D eigenvalue weighted by Gasteiger charge is 2.11. The van der Waals surface area contributed by atoms with Crippen LogP contribution in [0.15, 0.2) is 18.5 Å². The Hall–Kier alpha value is -1.62. The van der Waals surface area contributed by atoms with Gasteiger partial charge >= 0.3 is 0 Å². The SMILES string of the molecule is CCOCCN(CC)c1cnccc1C(=N)N. The van der Waals surface area contributed by atoms with E-state index in [2.05, 4.69) is 16.8 Å². The maximum absolute atomic E-state index is 7.55. The zero-order valence-corrected chi connectivity index (χ0v) is 10.4. The van der Waals surface area contributed by atoms with Gasteiger partial charge in [0.2, 0.25) is 0 Å². The topological polar surface area (TPSA) is 75.2 Å². The molecular weight excluding hydrogens is 216 g/mol. The Morgan fingerprint density at radius 1 is 1.53 bits per heavy atom. The number of nitrogens with zero attached hydrogens (tertiary/aromatic N) is 2. The zero-order chi connectivity index (χ0) is 12.7. The lowest BCUT2D eigenvalue weighted by Crippen LogP contribution is -2.29. The summed E-state index contributed by atoms with van der Waals surface area (Å²) in [5.41, 5.74) is 7.17. The summed E-state index contributed by atoms with van der Waals surface area (Å²) in [6.45, 7) is 7.01. The lowest BCUT2D eigenvalue weighted by molar-refractivity contribution is 0.154. The number of hydrogen-bond donors (Lipinski definition) is 2. The number of ether oxygens (including phenoxy) is 1. The van der Waals surface area contributed by atoms with E-state index < -0.39 is 0 Å². The normalized spacial score (nSPS) is 10.2. The molecule has 3 N–H and O–H groups in total. The molecule has 0 aliphatic rings. The number of aromatic nitrogens is 1. The largest absolute Gasteiger partial charge is 0.384 e. The first kappa shape index (κ1) is 13.4. The Balaban J connectivity index is 2.83. The third-order valence-electron chi connectivity index (χ3n) is 2.52. The number of pyridine rings is 1. The van der Waals surface area contributed by atoms with Gasteiger partial charge in [-0.2, -0.15) is 0 Å². The fraction of sp³-hybridized carbons (Fsp3) is 0.500. The molecule has 1 rings (SSSR count). The van der Waals surface area contributed by atoms with Crippen molar-refractivity contribution in [2.45, 2.75) is 13.8 Å². The van der Waals surface area contributed by atoms with E-state index in [0.29, 0.717) is 13.2 Å². The summed E-state index contributed by atoms with van der Waals surface area (Å²) in [7, 11) is 0. The molecule has 5 heteroatoms. The van der Waals surface area contributed by atoms with Crippen LogP contribution >= 0.6 is 0 Å². The average molecular weight is 236 g/mol. The quantitative estimate of drug-likeness (QED) is 0.424. The number of hydrogen-bond acceptors (Lipinski definition) is 4. The van der Waals surface area contributed by atoms with Gasteiger partial charge in [0.05, 0.1) is 18.5 Å². The van der Waals surface area contributed by atoms with Crippen molar-refractivity contribution in [3.63, 3.8) is 0 Å². The molecule has 0 unspecified atom stereocenters. The summed E-state index contributed by atoms with van der Waals surface area (Å²) in [5, 5.41) is 7.55. The summed E-state index contributed by atoms with van der Waals surface area (Å²) in [6.07, 6.45) is 3.39. The highest BCUT2D eigenvalue weighted by atomic mass is 16.5. The molecule has 17 heavy (non-hydrogen) atoms. The van der Waals surface area contributed by atoms with Crippen LogP contribution in [-0.4, -0.2) is 37.1 Å². The Labute approximate surface area is 102 Å². The monoisotopic (exact) mass is 236 g/mol. The van der Waals surface area contributed by atoms with Crippen molar-refractivity contribution in [1.29, 1.82) is 5.41 Å². The lowest BCUT2D eigenvalue weighted by Gasteiger charge is -2.24. The van der Waals surface area contributed by atoms with Gasteiger partial charge in [-0.15, -0.1) is 0 Å². The van der Waals surface area contributed by atoms with Crippen LogP contribution in [0.25, 0.3) is 0 Å². The molecule has 0 aliphatic heterocycles. The first-order valence-corrected chi connectivity index (χ1v) is 5.81. The standard InChI is InChI=1S/C12H20N4O/c1-3-16(7-8-17-4-2)11-9-15-6-5-10(11)12(13)14/h5-6,9H,3-4,7-8H2,1-2H3,(H3,13,14). The highest BCUT2D eigenvalue weighted by Crippen LogP contribution is 2.18. The summed E-state index contributed by atoms with van der Waals surface area (Å²) < 4.78 is 5.34. The molecule has 0 amide bonds. The minimum absolute atomic E-state index is 0.0669. The van der Waals surface area contributed by atoms with Crippen molar-refractivity contribution in [1.82, 2.24) is 4.98 Å². The minimum atomic E-state index is 0.0669. The van der Waals surface area contributed by atoms with Crippen molar-refractivity contribution in [2.24, 2.45) is 5.73 Å². The maximum atomic E-state index is 7.55. The number of nitrogen functional groups attached to an aromatic ring is 1. The second-order valence-corrected chi connectivity index (χ2v) is 3.58. The Bertz CT molecular complexity index is 367. The van der Waals surface area contributed by atoms with Gasteiger partial charge in [0.25, 0.3) is 0 Å². The summed E-state index contributed by atoms with van der Waals surface area (Å²) in [4.78, 5) is 6.20. The van der Waals surface area contributed by atoms with Crippen molar-refractivity contribution < 1.29 is 4.74 Å². The van der Waals surface area contributed by atoms with Crippen LogP contribution in [0.5, 0.6) is 0 Å². The number of amidine groups is 1. The van der Waals surface area contributed by atoms with Crippen molar-refractivity contribution in [3.05, 3.63) is 24.0 Å². The number of likely N-dealkylation sites (N-methyl/N-ethyl adjacent to an activating group) is 1. The molecule has 1 heterocycles. The number of nitrogens with one attached hydrogen (secondary N) is 1. The minimum Gasteiger partial charge on any atom is -0.384 e. The number of anilines is 1. The third kappa shape index (κ3) is 3.71. The molecule has 94 valence electrons. The van der Waals surface area contributed by atoms with Gasteiger partial charge < -0.3 is 15.4 Å². The Morgan fingerprint density at radius 3 is 2.88 bits per heavy atom. The zero-order valence-electron chi connectivity index (χ0n) is 10.4. The smallest absolute Gasteiger partial charge is 0.125 e. The van der Waals surface area contributed by atoms with Gasteiger partial charge in [-0.05, 0) is 19.9 Å². The van der Waals surface area contributed by atoms with E-state index in [-0.39, 0.29) is 5.84 Å². The van der Waals surface area contributed by atoms with E-state index in [1.807, 2.05) is 6.92 Å². The third-order valence-corrected chi connectivity index (χ3v) is 2.52. The molecule has 0 spiro atoms. The number of rotatable bonds is 7. The summed E-state index contributed by atoms with van der Waals surface area (Å²) in [5.74, 6) is 0.0669. The predicted octanol–water partition coefficient (Wildman–Crippen LogP) is 1.23. The fourth-order valence-corrected chi connectivity index (χ4v) is 1.63. The van der Waals surface area contributed by atoms with Crippen LogP contribution in [0.2, 0.25) is 0 Å². The van der Waals surface area contributed by atoms with Gasteiger partial charge in [0.15, 0.2) is 0 Å². The van der Waals surface area contributed by atoms with Crippen molar-refractivity contribution in [2.75, 3.05) is 31.2 Å². The summed E-state index contributed by atoms with van der Waals surface area (Å²) >= 11 is 0.